The monoisotopic (exact) mass is 274 g/mol. The lowest BCUT2D eigenvalue weighted by atomic mass is 9.86. The number of hydrogen-bond donors (Lipinski definition) is 1. The van der Waals surface area contributed by atoms with Gasteiger partial charge in [-0.15, -0.1) is 0 Å². The second-order valence-electron chi connectivity index (χ2n) is 6.17. The van der Waals surface area contributed by atoms with Gasteiger partial charge in [-0.2, -0.15) is 0 Å². The molecule has 0 spiro atoms. The Bertz CT molecular complexity index is 452. The Hall–Kier alpha value is -1.06. The molecule has 1 aliphatic heterocycles. The van der Waals surface area contributed by atoms with Crippen LogP contribution < -0.4 is 0 Å². The maximum atomic E-state index is 9.79. The molecule has 0 aromatic heterocycles. The molecule has 1 unspecified atom stereocenters. The third-order valence-corrected chi connectivity index (χ3v) is 4.80. The van der Waals surface area contributed by atoms with Crippen LogP contribution >= 0.6 is 0 Å². The summed E-state index contributed by atoms with van der Waals surface area (Å²) in [6, 6.07) is 6.47. The molecule has 3 rings (SSSR count). The standard InChI is InChI=1S/C17H26N2O/c1-2-8-18-9-11-19(12-10-18)17-5-3-4-14-6-7-15(20)13-16(14)17/h6-7,13,17,20H,2-5,8-12H2,1H3. The Morgan fingerprint density at radius 3 is 2.75 bits per heavy atom. The molecule has 0 bridgehead atoms. The van der Waals surface area contributed by atoms with Gasteiger partial charge in [0.2, 0.25) is 0 Å². The van der Waals surface area contributed by atoms with Crippen molar-refractivity contribution in [3.05, 3.63) is 29.3 Å². The molecule has 1 aromatic rings. The molecular weight excluding hydrogens is 248 g/mol. The van der Waals surface area contributed by atoms with Crippen LogP contribution in [0.1, 0.15) is 43.4 Å². The second-order valence-corrected chi connectivity index (χ2v) is 6.17. The van der Waals surface area contributed by atoms with Crippen molar-refractivity contribution in [3.8, 4) is 5.75 Å². The van der Waals surface area contributed by atoms with Gasteiger partial charge in [0.05, 0.1) is 0 Å². The van der Waals surface area contributed by atoms with Crippen LogP contribution in [0.3, 0.4) is 0 Å². The summed E-state index contributed by atoms with van der Waals surface area (Å²) >= 11 is 0. The molecule has 0 amide bonds. The maximum absolute atomic E-state index is 9.79. The first-order valence-corrected chi connectivity index (χ1v) is 8.06. The number of benzene rings is 1. The smallest absolute Gasteiger partial charge is 0.115 e. The van der Waals surface area contributed by atoms with Crippen LogP contribution in [0.4, 0.5) is 0 Å². The summed E-state index contributed by atoms with van der Waals surface area (Å²) in [6.45, 7) is 8.21. The summed E-state index contributed by atoms with van der Waals surface area (Å²) in [7, 11) is 0. The topological polar surface area (TPSA) is 26.7 Å². The first-order chi connectivity index (χ1) is 9.78. The molecular formula is C17H26N2O. The van der Waals surface area contributed by atoms with Crippen LogP contribution in [0.25, 0.3) is 0 Å². The quantitative estimate of drug-likeness (QED) is 0.918. The van der Waals surface area contributed by atoms with Gasteiger partial charge in [0.1, 0.15) is 5.75 Å². The molecule has 1 saturated heterocycles. The van der Waals surface area contributed by atoms with Crippen molar-refractivity contribution in [1.29, 1.82) is 0 Å². The van der Waals surface area contributed by atoms with Crippen LogP contribution in [0.5, 0.6) is 5.75 Å². The van der Waals surface area contributed by atoms with E-state index < -0.39 is 0 Å². The van der Waals surface area contributed by atoms with E-state index in [1.165, 1.54) is 69.5 Å². The lowest BCUT2D eigenvalue weighted by Gasteiger charge is -2.41. The van der Waals surface area contributed by atoms with Gasteiger partial charge in [-0.25, -0.2) is 0 Å². The first-order valence-electron chi connectivity index (χ1n) is 8.06. The molecule has 110 valence electrons. The number of aryl methyl sites for hydroxylation is 1. The number of piperazine rings is 1. The summed E-state index contributed by atoms with van der Waals surface area (Å²) < 4.78 is 0. The fraction of sp³-hybridized carbons (Fsp3) is 0.647. The van der Waals surface area contributed by atoms with Crippen molar-refractivity contribution in [2.75, 3.05) is 32.7 Å². The average molecular weight is 274 g/mol. The summed E-state index contributed by atoms with van der Waals surface area (Å²) in [5, 5.41) is 9.79. The van der Waals surface area contributed by atoms with E-state index in [-0.39, 0.29) is 0 Å². The molecule has 1 heterocycles. The number of aromatic hydroxyl groups is 1. The van der Waals surface area contributed by atoms with Gasteiger partial charge in [0.15, 0.2) is 0 Å². The Labute approximate surface area is 122 Å². The van der Waals surface area contributed by atoms with Crippen LogP contribution in [-0.4, -0.2) is 47.6 Å². The van der Waals surface area contributed by atoms with Crippen molar-refractivity contribution < 1.29 is 5.11 Å². The van der Waals surface area contributed by atoms with Gasteiger partial charge in [0, 0.05) is 32.2 Å². The summed E-state index contributed by atoms with van der Waals surface area (Å²) in [5.41, 5.74) is 2.82. The molecule has 1 aromatic carbocycles. The number of fused-ring (bicyclic) bond motifs is 1. The van der Waals surface area contributed by atoms with Crippen LogP contribution in [0.2, 0.25) is 0 Å². The van der Waals surface area contributed by atoms with Crippen LogP contribution in [0, 0.1) is 0 Å². The van der Waals surface area contributed by atoms with Crippen molar-refractivity contribution in [2.24, 2.45) is 0 Å². The lowest BCUT2D eigenvalue weighted by Crippen LogP contribution is -2.48. The number of phenolic OH excluding ortho intramolecular Hbond substituents is 1. The van der Waals surface area contributed by atoms with Crippen LogP contribution in [0.15, 0.2) is 18.2 Å². The summed E-state index contributed by atoms with van der Waals surface area (Å²) in [5.74, 6) is 0.417. The van der Waals surface area contributed by atoms with Gasteiger partial charge in [-0.05, 0) is 55.5 Å². The minimum atomic E-state index is 0.417. The van der Waals surface area contributed by atoms with E-state index in [1.807, 2.05) is 12.1 Å². The molecule has 1 N–H and O–H groups in total. The van der Waals surface area contributed by atoms with E-state index in [0.29, 0.717) is 11.8 Å². The highest BCUT2D eigenvalue weighted by molar-refractivity contribution is 5.38. The Morgan fingerprint density at radius 2 is 2.00 bits per heavy atom. The van der Waals surface area contributed by atoms with Gasteiger partial charge < -0.3 is 10.0 Å². The highest BCUT2D eigenvalue weighted by Crippen LogP contribution is 2.36. The van der Waals surface area contributed by atoms with Crippen LogP contribution in [-0.2, 0) is 6.42 Å². The zero-order valence-electron chi connectivity index (χ0n) is 12.5. The average Bonchev–Trinajstić information content (AvgIpc) is 2.48. The van der Waals surface area contributed by atoms with Crippen molar-refractivity contribution in [2.45, 2.75) is 38.6 Å². The largest absolute Gasteiger partial charge is 0.508 e. The number of phenols is 1. The zero-order chi connectivity index (χ0) is 13.9. The minimum Gasteiger partial charge on any atom is -0.508 e. The molecule has 0 radical (unpaired) electrons. The SMILES string of the molecule is CCCN1CCN(C2CCCc3ccc(O)cc32)CC1. The highest BCUT2D eigenvalue weighted by Gasteiger charge is 2.28. The van der Waals surface area contributed by atoms with Crippen molar-refractivity contribution in [3.63, 3.8) is 0 Å². The highest BCUT2D eigenvalue weighted by atomic mass is 16.3. The fourth-order valence-corrected chi connectivity index (χ4v) is 3.76. The maximum Gasteiger partial charge on any atom is 0.115 e. The third-order valence-electron chi connectivity index (χ3n) is 4.80. The molecule has 3 nitrogen and oxygen atoms in total. The molecule has 1 aliphatic carbocycles. The van der Waals surface area contributed by atoms with E-state index in [9.17, 15) is 5.11 Å². The van der Waals surface area contributed by atoms with E-state index >= 15 is 0 Å². The predicted octanol–water partition coefficient (Wildman–Crippen LogP) is 2.80. The minimum absolute atomic E-state index is 0.417. The van der Waals surface area contributed by atoms with Crippen molar-refractivity contribution >= 4 is 0 Å². The molecule has 20 heavy (non-hydrogen) atoms. The molecule has 1 atom stereocenters. The fourth-order valence-electron chi connectivity index (χ4n) is 3.76. The Morgan fingerprint density at radius 1 is 1.20 bits per heavy atom. The molecule has 3 heteroatoms. The van der Waals surface area contributed by atoms with Gasteiger partial charge in [-0.3, -0.25) is 4.90 Å². The summed E-state index contributed by atoms with van der Waals surface area (Å²) in [6.07, 6.45) is 4.93. The zero-order valence-corrected chi connectivity index (χ0v) is 12.5. The molecule has 0 saturated carbocycles. The Kier molecular flexibility index (Phi) is 4.27. The summed E-state index contributed by atoms with van der Waals surface area (Å²) in [4.78, 5) is 5.20. The molecule has 1 fully saturated rings. The van der Waals surface area contributed by atoms with E-state index in [4.69, 9.17) is 0 Å². The van der Waals surface area contributed by atoms with E-state index in [1.54, 1.807) is 0 Å². The number of rotatable bonds is 3. The van der Waals surface area contributed by atoms with Crippen molar-refractivity contribution in [1.82, 2.24) is 9.80 Å². The predicted molar refractivity (Wildman–Crippen MR) is 82.1 cm³/mol. The van der Waals surface area contributed by atoms with E-state index in [0.717, 1.165) is 0 Å². The number of hydrogen-bond acceptors (Lipinski definition) is 3. The van der Waals surface area contributed by atoms with Gasteiger partial charge in [0.25, 0.3) is 0 Å². The van der Waals surface area contributed by atoms with Gasteiger partial charge in [-0.1, -0.05) is 13.0 Å². The Balaban J connectivity index is 1.72. The normalized spacial score (nSPS) is 24.6. The molecule has 2 aliphatic rings. The second kappa shape index (κ2) is 6.15. The third kappa shape index (κ3) is 2.84. The lowest BCUT2D eigenvalue weighted by molar-refractivity contribution is 0.0881. The van der Waals surface area contributed by atoms with Gasteiger partial charge >= 0.3 is 0 Å². The van der Waals surface area contributed by atoms with E-state index in [2.05, 4.69) is 22.8 Å². The number of nitrogens with zero attached hydrogens (tertiary/aromatic N) is 2. The first kappa shape index (κ1) is 13.9.